The second-order valence-corrected chi connectivity index (χ2v) is 9.34. The quantitative estimate of drug-likeness (QED) is 0.193. The topological polar surface area (TPSA) is 55.1 Å². The molecule has 0 amide bonds. The lowest BCUT2D eigenvalue weighted by Crippen LogP contribution is -2.38. The summed E-state index contributed by atoms with van der Waals surface area (Å²) in [6, 6.07) is 32.5. The third kappa shape index (κ3) is 3.62. The van der Waals surface area contributed by atoms with Gasteiger partial charge in [-0.2, -0.15) is 0 Å². The summed E-state index contributed by atoms with van der Waals surface area (Å²) in [5, 5.41) is 9.17. The van der Waals surface area contributed by atoms with Crippen LogP contribution in [-0.2, 0) is 5.54 Å². The Balaban J connectivity index is 1.63. The van der Waals surface area contributed by atoms with Crippen LogP contribution in [0.2, 0.25) is 5.02 Å². The number of benzene rings is 4. The van der Waals surface area contributed by atoms with Crippen molar-refractivity contribution in [3.05, 3.63) is 130 Å². The molecule has 6 rings (SSSR count). The Labute approximate surface area is 208 Å². The molecule has 1 N–H and O–H groups in total. The zero-order valence-electron chi connectivity index (χ0n) is 18.9. The Hall–Kier alpha value is -3.89. The number of halogens is 1. The molecule has 1 aliphatic rings. The minimum Gasteiger partial charge on any atom is -0.367 e. The maximum atomic E-state index is 12.4. The number of aromatic nitrogens is 1. The third-order valence-corrected chi connectivity index (χ3v) is 7.18. The second-order valence-electron chi connectivity index (χ2n) is 8.96. The van der Waals surface area contributed by atoms with Crippen LogP contribution in [-0.4, -0.2) is 11.4 Å². The monoisotopic (exact) mass is 478 g/mol. The summed E-state index contributed by atoms with van der Waals surface area (Å²) >= 11 is 6.86. The summed E-state index contributed by atoms with van der Waals surface area (Å²) < 4.78 is 5.71. The van der Waals surface area contributed by atoms with Gasteiger partial charge in [-0.15, -0.1) is 0 Å². The first-order chi connectivity index (χ1) is 17.2. The highest BCUT2D eigenvalue weighted by molar-refractivity contribution is 6.38. The molecule has 0 unspecified atom stereocenters. The lowest BCUT2D eigenvalue weighted by atomic mass is 9.76. The van der Waals surface area contributed by atoms with Crippen LogP contribution in [0.15, 0.2) is 102 Å². The molecule has 172 valence electrons. The van der Waals surface area contributed by atoms with Gasteiger partial charge in [-0.3, -0.25) is 4.79 Å². The van der Waals surface area contributed by atoms with E-state index < -0.39 is 5.54 Å². The lowest BCUT2D eigenvalue weighted by Gasteiger charge is -2.38. The number of nitrogens with one attached hydrogen (secondary N) is 1. The van der Waals surface area contributed by atoms with Crippen molar-refractivity contribution < 1.29 is 9.32 Å². The van der Waals surface area contributed by atoms with Crippen molar-refractivity contribution in [2.75, 3.05) is 5.32 Å². The van der Waals surface area contributed by atoms with Crippen molar-refractivity contribution in [3.8, 4) is 0 Å². The van der Waals surface area contributed by atoms with Gasteiger partial charge in [-0.1, -0.05) is 108 Å². The van der Waals surface area contributed by atoms with Crippen molar-refractivity contribution >= 4 is 34.5 Å². The molecule has 5 heteroatoms. The summed E-state index contributed by atoms with van der Waals surface area (Å²) in [6.07, 6.45) is 2.95. The Kier molecular flexibility index (Phi) is 5.39. The van der Waals surface area contributed by atoms with E-state index in [-0.39, 0.29) is 0 Å². The molecule has 4 nitrogen and oxygen atoms in total. The van der Waals surface area contributed by atoms with Gasteiger partial charge in [0.1, 0.15) is 5.54 Å². The molecular formula is C30H23ClN2O2. The molecule has 1 fully saturated rings. The summed E-state index contributed by atoms with van der Waals surface area (Å²) in [4.78, 5) is 12.4. The predicted molar refractivity (Wildman–Crippen MR) is 139 cm³/mol. The number of rotatable bonds is 7. The van der Waals surface area contributed by atoms with Gasteiger partial charge < -0.3 is 9.84 Å². The van der Waals surface area contributed by atoms with Crippen molar-refractivity contribution in [1.82, 2.24) is 5.16 Å². The number of aldehydes is 1. The van der Waals surface area contributed by atoms with E-state index in [1.54, 1.807) is 0 Å². The molecule has 0 atom stereocenters. The molecule has 4 aromatic carbocycles. The van der Waals surface area contributed by atoms with Gasteiger partial charge in [-0.25, -0.2) is 0 Å². The van der Waals surface area contributed by atoms with E-state index in [0.717, 1.165) is 46.9 Å². The van der Waals surface area contributed by atoms with E-state index >= 15 is 0 Å². The van der Waals surface area contributed by atoms with Crippen molar-refractivity contribution in [1.29, 1.82) is 0 Å². The number of carbonyl (C=O) groups is 1. The van der Waals surface area contributed by atoms with Gasteiger partial charge in [0.15, 0.2) is 11.9 Å². The van der Waals surface area contributed by atoms with E-state index in [9.17, 15) is 4.79 Å². The first-order valence-electron chi connectivity index (χ1n) is 11.7. The van der Waals surface area contributed by atoms with Crippen LogP contribution in [0.4, 0.5) is 5.69 Å². The number of fused-ring (bicyclic) bond motifs is 1. The summed E-state index contributed by atoms with van der Waals surface area (Å²) in [5.74, 6) is 0.351. The first-order valence-corrected chi connectivity index (χ1v) is 12.1. The van der Waals surface area contributed by atoms with Crippen LogP contribution >= 0.6 is 11.6 Å². The molecule has 1 heterocycles. The molecule has 35 heavy (non-hydrogen) atoms. The average Bonchev–Trinajstić information content (AvgIpc) is 3.68. The van der Waals surface area contributed by atoms with Gasteiger partial charge in [0, 0.05) is 12.0 Å². The average molecular weight is 479 g/mol. The van der Waals surface area contributed by atoms with Crippen LogP contribution in [0.1, 0.15) is 51.5 Å². The zero-order chi connectivity index (χ0) is 23.8. The van der Waals surface area contributed by atoms with Crippen LogP contribution < -0.4 is 5.32 Å². The van der Waals surface area contributed by atoms with E-state index in [2.05, 4.69) is 46.9 Å². The van der Waals surface area contributed by atoms with Crippen molar-refractivity contribution in [2.45, 2.75) is 24.3 Å². The molecule has 1 aliphatic carbocycles. The Morgan fingerprint density at radius 1 is 0.857 bits per heavy atom. The first kappa shape index (κ1) is 21.6. The van der Waals surface area contributed by atoms with Gasteiger partial charge in [-0.05, 0) is 29.5 Å². The zero-order valence-corrected chi connectivity index (χ0v) is 19.7. The number of nitrogens with zero attached hydrogens (tertiary/aromatic N) is 1. The fourth-order valence-electron chi connectivity index (χ4n) is 4.93. The molecule has 0 radical (unpaired) electrons. The number of hydrogen-bond donors (Lipinski definition) is 1. The van der Waals surface area contributed by atoms with E-state index in [0.29, 0.717) is 27.8 Å². The number of hydrogen-bond acceptors (Lipinski definition) is 4. The largest absolute Gasteiger partial charge is 0.367 e. The molecule has 0 bridgehead atoms. The van der Waals surface area contributed by atoms with Crippen LogP contribution in [0.25, 0.3) is 11.0 Å². The van der Waals surface area contributed by atoms with E-state index in [1.165, 1.54) is 0 Å². The van der Waals surface area contributed by atoms with Crippen LogP contribution in [0.5, 0.6) is 0 Å². The Bertz CT molecular complexity index is 1400. The molecule has 0 aliphatic heterocycles. The molecular weight excluding hydrogens is 456 g/mol. The molecule has 5 aromatic rings. The molecule has 1 aromatic heterocycles. The maximum absolute atomic E-state index is 12.4. The lowest BCUT2D eigenvalue weighted by molar-refractivity contribution is 0.112. The van der Waals surface area contributed by atoms with Gasteiger partial charge in [0.05, 0.1) is 27.4 Å². The third-order valence-electron chi connectivity index (χ3n) is 6.79. The SMILES string of the molecule is O=Cc1c(NC(c2ccccc2)(c2ccccc2)c2ccccc2)cc2onc(C3CC3)c2c1Cl. The number of carbonyl (C=O) groups excluding carboxylic acids is 1. The summed E-state index contributed by atoms with van der Waals surface area (Å²) in [7, 11) is 0. The summed E-state index contributed by atoms with van der Waals surface area (Å²) in [6.45, 7) is 0. The van der Waals surface area contributed by atoms with Gasteiger partial charge in [0.25, 0.3) is 0 Å². The van der Waals surface area contributed by atoms with Crippen molar-refractivity contribution in [3.63, 3.8) is 0 Å². The highest BCUT2D eigenvalue weighted by Gasteiger charge is 2.38. The van der Waals surface area contributed by atoms with Crippen molar-refractivity contribution in [2.24, 2.45) is 0 Å². The minimum absolute atomic E-state index is 0.351. The highest BCUT2D eigenvalue weighted by Crippen LogP contribution is 2.47. The van der Waals surface area contributed by atoms with Gasteiger partial charge in [0.2, 0.25) is 0 Å². The van der Waals surface area contributed by atoms with Gasteiger partial charge >= 0.3 is 0 Å². The molecule has 0 saturated heterocycles. The normalized spacial score (nSPS) is 13.6. The fourth-order valence-corrected chi connectivity index (χ4v) is 5.27. The Morgan fingerprint density at radius 2 is 1.37 bits per heavy atom. The highest BCUT2D eigenvalue weighted by atomic mass is 35.5. The summed E-state index contributed by atoms with van der Waals surface area (Å²) in [5.41, 5.74) is 4.71. The minimum atomic E-state index is -0.794. The smallest absolute Gasteiger partial charge is 0.170 e. The standard InChI is InChI=1S/C30H23ClN2O2/c31-28-24(19-34)25(18-26-27(28)29(33-35-26)20-16-17-20)32-30(21-10-4-1-5-11-21,22-12-6-2-7-13-22)23-14-8-3-9-15-23/h1-15,18-20,32H,16-17H2. The fraction of sp³-hybridized carbons (Fsp3) is 0.133. The molecule has 0 spiro atoms. The predicted octanol–water partition coefficient (Wildman–Crippen LogP) is 7.58. The molecule has 1 saturated carbocycles. The van der Waals surface area contributed by atoms with E-state index in [4.69, 9.17) is 16.1 Å². The van der Waals surface area contributed by atoms with Crippen LogP contribution in [0.3, 0.4) is 0 Å². The second kappa shape index (κ2) is 8.71. The van der Waals surface area contributed by atoms with Crippen LogP contribution in [0, 0.1) is 0 Å². The Morgan fingerprint density at radius 3 is 1.83 bits per heavy atom. The maximum Gasteiger partial charge on any atom is 0.170 e. The van der Waals surface area contributed by atoms with E-state index in [1.807, 2.05) is 60.7 Å². The number of anilines is 1.